The van der Waals surface area contributed by atoms with Crippen LogP contribution in [-0.2, 0) is 4.79 Å². The van der Waals surface area contributed by atoms with Gasteiger partial charge in [-0.3, -0.25) is 25.8 Å². The summed E-state index contributed by atoms with van der Waals surface area (Å²) < 4.78 is 12.0. The van der Waals surface area contributed by atoms with Gasteiger partial charge in [0.2, 0.25) is 0 Å². The molecule has 0 aliphatic rings. The van der Waals surface area contributed by atoms with Crippen LogP contribution in [0.25, 0.3) is 11.1 Å². The second-order valence-corrected chi connectivity index (χ2v) is 8.72. The molecule has 0 aromatic heterocycles. The van der Waals surface area contributed by atoms with Crippen LogP contribution in [-0.4, -0.2) is 30.1 Å². The summed E-state index contributed by atoms with van der Waals surface area (Å²) in [6.45, 7) is 2.46. The molecular weight excluding hydrogens is 530 g/mol. The molecule has 0 aliphatic carbocycles. The third-order valence-corrected chi connectivity index (χ3v) is 5.65. The van der Waals surface area contributed by atoms with Crippen molar-refractivity contribution in [1.82, 2.24) is 16.2 Å². The normalized spacial score (nSPS) is 10.2. The number of unbranched alkanes of at least 4 members (excludes halogenated alkanes) is 1. The van der Waals surface area contributed by atoms with E-state index in [1.807, 2.05) is 48.5 Å². The van der Waals surface area contributed by atoms with Crippen LogP contribution in [0.4, 0.5) is 0 Å². The van der Waals surface area contributed by atoms with Crippen molar-refractivity contribution < 1.29 is 19.1 Å². The minimum Gasteiger partial charge on any atom is -0.492 e. The Bertz CT molecular complexity index is 1170. The zero-order valence-electron chi connectivity index (χ0n) is 19.2. The number of nitrogens with one attached hydrogen (secondary N) is 3. The van der Waals surface area contributed by atoms with Crippen molar-refractivity contribution in [3.63, 3.8) is 0 Å². The predicted molar refractivity (Wildman–Crippen MR) is 143 cm³/mol. The van der Waals surface area contributed by atoms with Crippen molar-refractivity contribution in [3.05, 3.63) is 82.8 Å². The highest BCUT2D eigenvalue weighted by atomic mass is 79.9. The molecule has 35 heavy (non-hydrogen) atoms. The second-order valence-electron chi connectivity index (χ2n) is 7.45. The van der Waals surface area contributed by atoms with E-state index in [-0.39, 0.29) is 11.7 Å². The highest BCUT2D eigenvalue weighted by molar-refractivity contribution is 9.10. The second kappa shape index (κ2) is 13.5. The quantitative estimate of drug-likeness (QED) is 0.195. The summed E-state index contributed by atoms with van der Waals surface area (Å²) in [6.07, 6.45) is 1.98. The lowest BCUT2D eigenvalue weighted by atomic mass is 10.1. The molecular formula is C26H26BrN3O4S. The van der Waals surface area contributed by atoms with Gasteiger partial charge in [-0.05, 0) is 64.4 Å². The van der Waals surface area contributed by atoms with E-state index in [0.717, 1.165) is 24.0 Å². The Morgan fingerprint density at radius 1 is 0.914 bits per heavy atom. The molecule has 3 N–H and O–H groups in total. The minimum absolute atomic E-state index is 0.0487. The molecule has 0 aliphatic heterocycles. The average Bonchev–Trinajstić information content (AvgIpc) is 2.88. The van der Waals surface area contributed by atoms with Crippen LogP contribution in [0.2, 0.25) is 0 Å². The Hall–Kier alpha value is -3.43. The fourth-order valence-electron chi connectivity index (χ4n) is 3.05. The number of thiocarbonyl (C=S) groups is 1. The topological polar surface area (TPSA) is 88.7 Å². The lowest BCUT2D eigenvalue weighted by Gasteiger charge is -2.14. The van der Waals surface area contributed by atoms with Crippen LogP contribution in [0.1, 0.15) is 30.1 Å². The van der Waals surface area contributed by atoms with Crippen molar-refractivity contribution in [3.8, 4) is 22.6 Å². The van der Waals surface area contributed by atoms with Crippen molar-refractivity contribution in [2.24, 2.45) is 0 Å². The first-order chi connectivity index (χ1) is 17.0. The van der Waals surface area contributed by atoms with E-state index >= 15 is 0 Å². The number of carbonyl (C=O) groups excluding carboxylic acids is 2. The fraction of sp³-hybridized carbons (Fsp3) is 0.192. The molecule has 0 fully saturated rings. The van der Waals surface area contributed by atoms with Gasteiger partial charge in [0.05, 0.1) is 11.1 Å². The van der Waals surface area contributed by atoms with Gasteiger partial charge >= 0.3 is 0 Å². The molecule has 182 valence electrons. The van der Waals surface area contributed by atoms with E-state index in [4.69, 9.17) is 21.7 Å². The fourth-order valence-corrected chi connectivity index (χ4v) is 3.68. The Morgan fingerprint density at radius 3 is 2.40 bits per heavy atom. The number of amides is 2. The highest BCUT2D eigenvalue weighted by Gasteiger charge is 2.12. The highest BCUT2D eigenvalue weighted by Crippen LogP contribution is 2.29. The molecule has 0 radical (unpaired) electrons. The van der Waals surface area contributed by atoms with Crippen molar-refractivity contribution >= 4 is 45.1 Å². The first kappa shape index (κ1) is 26.2. The molecule has 0 atom stereocenters. The van der Waals surface area contributed by atoms with Crippen LogP contribution >= 0.6 is 28.1 Å². The van der Waals surface area contributed by atoms with Gasteiger partial charge in [-0.15, -0.1) is 0 Å². The van der Waals surface area contributed by atoms with E-state index in [2.05, 4.69) is 39.0 Å². The van der Waals surface area contributed by atoms with E-state index in [9.17, 15) is 9.59 Å². The lowest BCUT2D eigenvalue weighted by molar-refractivity contribution is -0.123. The van der Waals surface area contributed by atoms with Gasteiger partial charge < -0.3 is 9.47 Å². The number of para-hydroxylation sites is 1. The standard InChI is InChI=1S/C26H26BrN3O4S/c1-2-3-15-33-23-14-13-19(16-21(23)27)25(32)28-26(35)30-29-24(31)17-34-22-12-8-7-11-20(22)18-9-5-4-6-10-18/h4-14,16H,2-3,15,17H2,1H3,(H,29,31)(H2,28,30,32,35). The van der Waals surface area contributed by atoms with E-state index in [0.29, 0.717) is 28.1 Å². The Balaban J connectivity index is 1.46. The average molecular weight is 556 g/mol. The van der Waals surface area contributed by atoms with Crippen LogP contribution in [0.5, 0.6) is 11.5 Å². The first-order valence-electron chi connectivity index (χ1n) is 11.1. The molecule has 0 saturated heterocycles. The maximum atomic E-state index is 12.5. The van der Waals surface area contributed by atoms with Gasteiger partial charge in [0.1, 0.15) is 11.5 Å². The molecule has 3 aromatic rings. The third kappa shape index (κ3) is 8.08. The number of benzene rings is 3. The predicted octanol–water partition coefficient (Wildman–Crippen LogP) is 5.01. The summed E-state index contributed by atoms with van der Waals surface area (Å²) in [5.41, 5.74) is 7.18. The van der Waals surface area contributed by atoms with Crippen LogP contribution in [0, 0.1) is 0 Å². The smallest absolute Gasteiger partial charge is 0.276 e. The molecule has 0 bridgehead atoms. The monoisotopic (exact) mass is 555 g/mol. The molecule has 0 saturated carbocycles. The number of halogens is 1. The van der Waals surface area contributed by atoms with Gasteiger partial charge in [-0.1, -0.05) is 61.9 Å². The summed E-state index contributed by atoms with van der Waals surface area (Å²) in [6, 6.07) is 22.2. The number of rotatable bonds is 9. The zero-order chi connectivity index (χ0) is 25.0. The van der Waals surface area contributed by atoms with Gasteiger partial charge in [0.25, 0.3) is 11.8 Å². The number of carbonyl (C=O) groups is 2. The third-order valence-electron chi connectivity index (χ3n) is 4.82. The van der Waals surface area contributed by atoms with Crippen LogP contribution in [0.3, 0.4) is 0 Å². The Morgan fingerprint density at radius 2 is 1.66 bits per heavy atom. The van der Waals surface area contributed by atoms with Gasteiger partial charge in [0, 0.05) is 11.1 Å². The van der Waals surface area contributed by atoms with Crippen molar-refractivity contribution in [2.75, 3.05) is 13.2 Å². The van der Waals surface area contributed by atoms with Gasteiger partial charge in [0.15, 0.2) is 11.7 Å². The van der Waals surface area contributed by atoms with Crippen LogP contribution in [0.15, 0.2) is 77.3 Å². The largest absolute Gasteiger partial charge is 0.492 e. The molecule has 2 amide bonds. The zero-order valence-corrected chi connectivity index (χ0v) is 21.6. The summed E-state index contributed by atoms with van der Waals surface area (Å²) in [4.78, 5) is 24.7. The SMILES string of the molecule is CCCCOc1ccc(C(=O)NC(=S)NNC(=O)COc2ccccc2-c2ccccc2)cc1Br. The summed E-state index contributed by atoms with van der Waals surface area (Å²) in [5, 5.41) is 2.47. The molecule has 3 aromatic carbocycles. The molecule has 9 heteroatoms. The number of hydrazine groups is 1. The van der Waals surface area contributed by atoms with Crippen molar-refractivity contribution in [2.45, 2.75) is 19.8 Å². The first-order valence-corrected chi connectivity index (χ1v) is 12.3. The van der Waals surface area contributed by atoms with Gasteiger partial charge in [-0.2, -0.15) is 0 Å². The maximum Gasteiger partial charge on any atom is 0.276 e. The van der Waals surface area contributed by atoms with E-state index in [1.54, 1.807) is 24.3 Å². The van der Waals surface area contributed by atoms with Gasteiger partial charge in [-0.25, -0.2) is 0 Å². The number of hydrogen-bond acceptors (Lipinski definition) is 5. The Labute approximate surface area is 218 Å². The molecule has 0 heterocycles. The minimum atomic E-state index is -0.458. The summed E-state index contributed by atoms with van der Waals surface area (Å²) in [7, 11) is 0. The molecule has 3 rings (SSSR count). The molecule has 0 unspecified atom stereocenters. The van der Waals surface area contributed by atoms with Crippen LogP contribution < -0.4 is 25.6 Å². The van der Waals surface area contributed by atoms with E-state index < -0.39 is 11.8 Å². The molecule has 0 spiro atoms. The van der Waals surface area contributed by atoms with Crippen molar-refractivity contribution in [1.29, 1.82) is 0 Å². The maximum absolute atomic E-state index is 12.5. The summed E-state index contributed by atoms with van der Waals surface area (Å²) in [5.74, 6) is 0.362. The molecule has 7 nitrogen and oxygen atoms in total. The van der Waals surface area contributed by atoms with E-state index in [1.165, 1.54) is 0 Å². The summed E-state index contributed by atoms with van der Waals surface area (Å²) >= 11 is 8.52. The lowest BCUT2D eigenvalue weighted by Crippen LogP contribution is -2.49. The Kier molecular flexibility index (Phi) is 10.1. The number of ether oxygens (including phenoxy) is 2. The number of hydrogen-bond donors (Lipinski definition) is 3.